The first-order valence-electron chi connectivity index (χ1n) is 11.7. The lowest BCUT2D eigenvalue weighted by molar-refractivity contribution is -0.304. The van der Waals surface area contributed by atoms with Crippen LogP contribution in [-0.4, -0.2) is 69.0 Å². The summed E-state index contributed by atoms with van der Waals surface area (Å²) in [6, 6.07) is 0. The standard InChI is InChI=1S/C24H32O8/c1-24-9-8-14-13-5-3-12(10-11(13)2-4-15(14)16(24)6-7-17(24)25)31-23-20(28)18(26)19(27)21(32-23)22(29)30/h4,12,14,16,18-21,23,26-28H,2-3,5-10H2,1H3,(H,29,30)/t12-,14-,16+,18+,19+,20-,21+,23?,24+/m1/s1. The lowest BCUT2D eigenvalue weighted by Gasteiger charge is -2.46. The molecule has 0 aromatic carbocycles. The van der Waals surface area contributed by atoms with Gasteiger partial charge in [-0.15, -0.1) is 0 Å². The van der Waals surface area contributed by atoms with Crippen LogP contribution in [-0.2, 0) is 19.1 Å². The van der Waals surface area contributed by atoms with Gasteiger partial charge in [-0.2, -0.15) is 0 Å². The number of carbonyl (C=O) groups is 2. The van der Waals surface area contributed by atoms with Crippen LogP contribution in [0.15, 0.2) is 22.8 Å². The van der Waals surface area contributed by atoms with Gasteiger partial charge in [0.25, 0.3) is 0 Å². The maximum absolute atomic E-state index is 12.5. The Balaban J connectivity index is 1.28. The van der Waals surface area contributed by atoms with Crippen LogP contribution in [0.2, 0.25) is 0 Å². The van der Waals surface area contributed by atoms with Gasteiger partial charge in [0.1, 0.15) is 24.1 Å². The molecule has 0 aromatic rings. The summed E-state index contributed by atoms with van der Waals surface area (Å²) in [5, 5.41) is 39.4. The number of rotatable bonds is 3. The fourth-order valence-corrected chi connectivity index (χ4v) is 6.78. The summed E-state index contributed by atoms with van der Waals surface area (Å²) in [7, 11) is 0. The maximum Gasteiger partial charge on any atom is 0.335 e. The largest absolute Gasteiger partial charge is 0.479 e. The highest BCUT2D eigenvalue weighted by molar-refractivity contribution is 5.88. The van der Waals surface area contributed by atoms with Crippen molar-refractivity contribution in [1.29, 1.82) is 0 Å². The van der Waals surface area contributed by atoms with Gasteiger partial charge in [-0.25, -0.2) is 4.79 Å². The minimum Gasteiger partial charge on any atom is -0.479 e. The zero-order chi connectivity index (χ0) is 22.8. The molecule has 0 radical (unpaired) electrons. The van der Waals surface area contributed by atoms with Crippen molar-refractivity contribution in [2.45, 2.75) is 95.1 Å². The molecule has 1 unspecified atom stereocenters. The summed E-state index contributed by atoms with van der Waals surface area (Å²) in [4.78, 5) is 23.8. The summed E-state index contributed by atoms with van der Waals surface area (Å²) in [5.41, 5.74) is 4.05. The number of carboxylic acid groups (broad SMARTS) is 1. The molecule has 4 N–H and O–H groups in total. The van der Waals surface area contributed by atoms with Gasteiger partial charge in [-0.3, -0.25) is 4.79 Å². The molecule has 8 nitrogen and oxygen atoms in total. The first-order valence-corrected chi connectivity index (χ1v) is 11.7. The SMILES string of the molecule is C[C@]12CC[C@H]3C(=CCC4=C3CC[C@@H](OC3O[C@H](C(=O)O)[C@@H](O)[C@H](O)[C@H]3O)C4)[C@@H]1CCC2=O. The van der Waals surface area contributed by atoms with Crippen molar-refractivity contribution < 1.29 is 39.5 Å². The molecule has 1 heterocycles. The third kappa shape index (κ3) is 3.39. The highest BCUT2D eigenvalue weighted by atomic mass is 16.7. The van der Waals surface area contributed by atoms with E-state index in [0.29, 0.717) is 36.9 Å². The second-order valence-electron chi connectivity index (χ2n) is 10.3. The van der Waals surface area contributed by atoms with Crippen LogP contribution < -0.4 is 0 Å². The second-order valence-corrected chi connectivity index (χ2v) is 10.3. The van der Waals surface area contributed by atoms with Crippen molar-refractivity contribution in [2.24, 2.45) is 17.3 Å². The number of ketones is 1. The molecule has 5 aliphatic rings. The molecular weight excluding hydrogens is 416 g/mol. The molecule has 2 saturated carbocycles. The number of carboxylic acids is 1. The van der Waals surface area contributed by atoms with E-state index >= 15 is 0 Å². The topological polar surface area (TPSA) is 134 Å². The van der Waals surface area contributed by atoms with Gasteiger partial charge in [0.15, 0.2) is 12.4 Å². The maximum atomic E-state index is 12.5. The molecular formula is C24H32O8. The quantitative estimate of drug-likeness (QED) is 0.477. The van der Waals surface area contributed by atoms with E-state index in [0.717, 1.165) is 32.1 Å². The van der Waals surface area contributed by atoms with E-state index in [1.54, 1.807) is 0 Å². The van der Waals surface area contributed by atoms with Crippen LogP contribution >= 0.6 is 0 Å². The van der Waals surface area contributed by atoms with Crippen LogP contribution in [0.1, 0.15) is 58.3 Å². The molecule has 4 aliphatic carbocycles. The van der Waals surface area contributed by atoms with Gasteiger partial charge in [0.05, 0.1) is 6.10 Å². The number of Topliss-reactive ketones (excluding diaryl/α,β-unsaturated/α-hetero) is 1. The van der Waals surface area contributed by atoms with Crippen LogP contribution in [0.4, 0.5) is 0 Å². The van der Waals surface area contributed by atoms with Crippen LogP contribution in [0.5, 0.6) is 0 Å². The van der Waals surface area contributed by atoms with E-state index in [1.165, 1.54) is 16.7 Å². The second kappa shape index (κ2) is 8.02. The number of aliphatic hydroxyl groups excluding tert-OH is 3. The summed E-state index contributed by atoms with van der Waals surface area (Å²) < 4.78 is 11.2. The number of carbonyl (C=O) groups excluding carboxylic acids is 1. The first kappa shape index (κ1) is 22.2. The minimum atomic E-state index is -1.72. The average molecular weight is 449 g/mol. The number of hydrogen-bond acceptors (Lipinski definition) is 7. The Labute approximate surface area is 186 Å². The fraction of sp³-hybridized carbons (Fsp3) is 0.750. The average Bonchev–Trinajstić information content (AvgIpc) is 3.08. The van der Waals surface area contributed by atoms with E-state index in [9.17, 15) is 30.0 Å². The third-order valence-corrected chi connectivity index (χ3v) is 8.63. The molecule has 0 spiro atoms. The molecule has 8 heteroatoms. The molecule has 3 fully saturated rings. The van der Waals surface area contributed by atoms with E-state index < -0.39 is 36.7 Å². The first-order chi connectivity index (χ1) is 15.2. The number of aliphatic hydroxyl groups is 3. The Kier molecular flexibility index (Phi) is 5.57. The van der Waals surface area contributed by atoms with Crippen LogP contribution in [0.3, 0.4) is 0 Å². The van der Waals surface area contributed by atoms with Gasteiger partial charge < -0.3 is 29.9 Å². The predicted molar refractivity (Wildman–Crippen MR) is 111 cm³/mol. The lowest BCUT2D eigenvalue weighted by atomic mass is 9.58. The van der Waals surface area contributed by atoms with Gasteiger partial charge in [-0.05, 0) is 50.9 Å². The van der Waals surface area contributed by atoms with Crippen molar-refractivity contribution >= 4 is 11.8 Å². The Morgan fingerprint density at radius 2 is 1.91 bits per heavy atom. The molecule has 9 atom stereocenters. The molecule has 0 aromatic heterocycles. The van der Waals surface area contributed by atoms with Gasteiger partial charge in [0, 0.05) is 17.8 Å². The summed E-state index contributed by atoms with van der Waals surface area (Å²) in [5.74, 6) is -0.223. The number of allylic oxidation sites excluding steroid dienone is 3. The van der Waals surface area contributed by atoms with Crippen molar-refractivity contribution in [3.8, 4) is 0 Å². The van der Waals surface area contributed by atoms with Crippen molar-refractivity contribution in [3.05, 3.63) is 22.8 Å². The van der Waals surface area contributed by atoms with Crippen molar-refractivity contribution in [2.75, 3.05) is 0 Å². The molecule has 1 aliphatic heterocycles. The van der Waals surface area contributed by atoms with E-state index in [1.807, 2.05) is 0 Å². The van der Waals surface area contributed by atoms with E-state index in [2.05, 4.69) is 13.0 Å². The Hall–Kier alpha value is -1.58. The summed E-state index contributed by atoms with van der Waals surface area (Å²) in [6.07, 6.45) is 0.860. The molecule has 1 saturated heterocycles. The monoisotopic (exact) mass is 448 g/mol. The third-order valence-electron chi connectivity index (χ3n) is 8.63. The van der Waals surface area contributed by atoms with Crippen LogP contribution in [0.25, 0.3) is 0 Å². The van der Waals surface area contributed by atoms with Gasteiger partial charge in [-0.1, -0.05) is 29.7 Å². The summed E-state index contributed by atoms with van der Waals surface area (Å²) in [6.45, 7) is 2.14. The van der Waals surface area contributed by atoms with E-state index in [4.69, 9.17) is 9.47 Å². The lowest BCUT2D eigenvalue weighted by Crippen LogP contribution is -2.60. The number of fused-ring (bicyclic) bond motifs is 4. The molecule has 5 rings (SSSR count). The smallest absolute Gasteiger partial charge is 0.335 e. The number of ether oxygens (including phenoxy) is 2. The normalized spacial score (nSPS) is 46.2. The Morgan fingerprint density at radius 1 is 1.12 bits per heavy atom. The number of hydrogen-bond donors (Lipinski definition) is 4. The molecule has 176 valence electrons. The molecule has 0 amide bonds. The van der Waals surface area contributed by atoms with Crippen molar-refractivity contribution in [1.82, 2.24) is 0 Å². The van der Waals surface area contributed by atoms with Gasteiger partial charge in [0.2, 0.25) is 0 Å². The van der Waals surface area contributed by atoms with Crippen molar-refractivity contribution in [3.63, 3.8) is 0 Å². The fourth-order valence-electron chi connectivity index (χ4n) is 6.78. The zero-order valence-corrected chi connectivity index (χ0v) is 18.3. The summed E-state index contributed by atoms with van der Waals surface area (Å²) >= 11 is 0. The zero-order valence-electron chi connectivity index (χ0n) is 18.3. The van der Waals surface area contributed by atoms with Crippen LogP contribution in [0, 0.1) is 17.3 Å². The Bertz CT molecular complexity index is 877. The highest BCUT2D eigenvalue weighted by Crippen LogP contribution is 2.58. The molecule has 0 bridgehead atoms. The highest BCUT2D eigenvalue weighted by Gasteiger charge is 2.53. The predicted octanol–water partition coefficient (Wildman–Crippen LogP) is 1.47. The Morgan fingerprint density at radius 3 is 2.66 bits per heavy atom. The minimum absolute atomic E-state index is 0.193. The molecule has 32 heavy (non-hydrogen) atoms. The van der Waals surface area contributed by atoms with E-state index in [-0.39, 0.29) is 11.5 Å². The number of aliphatic carboxylic acids is 1. The van der Waals surface area contributed by atoms with Gasteiger partial charge >= 0.3 is 5.97 Å².